The highest BCUT2D eigenvalue weighted by atomic mass is 32.2. The molecule has 0 fully saturated rings. The average Bonchev–Trinajstić information content (AvgIpc) is 2.76. The van der Waals surface area contributed by atoms with Gasteiger partial charge in [0.05, 0.1) is 5.69 Å². The molecule has 0 aromatic carbocycles. The first kappa shape index (κ1) is 15.5. The largest absolute Gasteiger partial charge is 0.308 e. The molecule has 0 saturated carbocycles. The van der Waals surface area contributed by atoms with Gasteiger partial charge in [-0.05, 0) is 20.1 Å². The van der Waals surface area contributed by atoms with E-state index < -0.39 is 0 Å². The van der Waals surface area contributed by atoms with Gasteiger partial charge in [0, 0.05) is 37.2 Å². The number of rotatable bonds is 7. The lowest BCUT2D eigenvalue weighted by Crippen LogP contribution is -2.29. The summed E-state index contributed by atoms with van der Waals surface area (Å²) in [5, 5.41) is 6.22. The van der Waals surface area contributed by atoms with Crippen LogP contribution in [0.5, 0.6) is 0 Å². The molecule has 102 valence electrons. The molecule has 1 aromatic rings. The number of amides is 1. The second kappa shape index (κ2) is 7.76. The third-order valence-electron chi connectivity index (χ3n) is 2.52. The molecule has 0 bridgehead atoms. The van der Waals surface area contributed by atoms with Crippen LogP contribution in [0.4, 0.5) is 5.13 Å². The predicted molar refractivity (Wildman–Crippen MR) is 80.5 cm³/mol. The van der Waals surface area contributed by atoms with Crippen molar-refractivity contribution in [2.75, 3.05) is 23.5 Å². The van der Waals surface area contributed by atoms with E-state index >= 15 is 0 Å². The van der Waals surface area contributed by atoms with Crippen LogP contribution < -0.4 is 10.2 Å². The molecule has 0 radical (unpaired) electrons. The number of nitrogens with zero attached hydrogens (tertiary/aromatic N) is 2. The zero-order chi connectivity index (χ0) is 13.5. The maximum atomic E-state index is 11.4. The number of thioether (sulfide) groups is 1. The van der Waals surface area contributed by atoms with Gasteiger partial charge in [-0.3, -0.25) is 9.69 Å². The zero-order valence-corrected chi connectivity index (χ0v) is 13.0. The van der Waals surface area contributed by atoms with Gasteiger partial charge in [0.1, 0.15) is 0 Å². The Balaban J connectivity index is 2.55. The standard InChI is InChI=1S/C12H21N3OS2/c1-5-15(10(3)16)12-14-11(8-18-12)6-13-9(2)7-17-4/h8-9,13H,5-7H2,1-4H3. The molecule has 1 N–H and O–H groups in total. The van der Waals surface area contributed by atoms with Crippen molar-refractivity contribution in [1.29, 1.82) is 0 Å². The fraction of sp³-hybridized carbons (Fsp3) is 0.667. The van der Waals surface area contributed by atoms with Crippen molar-refractivity contribution in [1.82, 2.24) is 10.3 Å². The first-order chi connectivity index (χ1) is 8.58. The van der Waals surface area contributed by atoms with Crippen LogP contribution in [-0.2, 0) is 11.3 Å². The maximum absolute atomic E-state index is 11.4. The summed E-state index contributed by atoms with van der Waals surface area (Å²) in [4.78, 5) is 17.6. The highest BCUT2D eigenvalue weighted by Gasteiger charge is 2.13. The molecule has 0 aliphatic carbocycles. The summed E-state index contributed by atoms with van der Waals surface area (Å²) in [6.45, 7) is 7.12. The van der Waals surface area contributed by atoms with E-state index in [1.807, 2.05) is 24.1 Å². The maximum Gasteiger partial charge on any atom is 0.225 e. The summed E-state index contributed by atoms with van der Waals surface area (Å²) < 4.78 is 0. The van der Waals surface area contributed by atoms with Crippen LogP contribution in [0, 0.1) is 0 Å². The van der Waals surface area contributed by atoms with Gasteiger partial charge in [-0.2, -0.15) is 11.8 Å². The normalized spacial score (nSPS) is 12.4. The molecule has 1 aromatic heterocycles. The van der Waals surface area contributed by atoms with E-state index in [-0.39, 0.29) is 5.91 Å². The summed E-state index contributed by atoms with van der Waals surface area (Å²) >= 11 is 3.35. The van der Waals surface area contributed by atoms with Crippen LogP contribution in [0.3, 0.4) is 0 Å². The van der Waals surface area contributed by atoms with E-state index in [0.29, 0.717) is 12.6 Å². The Morgan fingerprint density at radius 1 is 1.67 bits per heavy atom. The van der Waals surface area contributed by atoms with E-state index in [4.69, 9.17) is 0 Å². The Hall–Kier alpha value is -0.590. The highest BCUT2D eigenvalue weighted by Crippen LogP contribution is 2.20. The van der Waals surface area contributed by atoms with E-state index in [9.17, 15) is 4.79 Å². The molecule has 0 spiro atoms. The van der Waals surface area contributed by atoms with E-state index in [1.165, 1.54) is 11.3 Å². The molecule has 0 aliphatic rings. The summed E-state index contributed by atoms with van der Waals surface area (Å²) in [7, 11) is 0. The lowest BCUT2D eigenvalue weighted by Gasteiger charge is -2.14. The van der Waals surface area contributed by atoms with Gasteiger partial charge < -0.3 is 5.32 Å². The molecule has 1 heterocycles. The number of anilines is 1. The van der Waals surface area contributed by atoms with Crippen molar-refractivity contribution in [3.05, 3.63) is 11.1 Å². The lowest BCUT2D eigenvalue weighted by molar-refractivity contribution is -0.116. The molecule has 1 amide bonds. The Morgan fingerprint density at radius 2 is 2.39 bits per heavy atom. The minimum absolute atomic E-state index is 0.0436. The smallest absolute Gasteiger partial charge is 0.225 e. The van der Waals surface area contributed by atoms with Gasteiger partial charge in [0.2, 0.25) is 5.91 Å². The second-order valence-corrected chi connectivity index (χ2v) is 5.87. The molecule has 18 heavy (non-hydrogen) atoms. The van der Waals surface area contributed by atoms with Gasteiger partial charge in [-0.1, -0.05) is 0 Å². The van der Waals surface area contributed by atoms with Gasteiger partial charge in [0.15, 0.2) is 5.13 Å². The molecule has 1 rings (SSSR count). The Bertz CT molecular complexity index is 381. The topological polar surface area (TPSA) is 45.2 Å². The van der Waals surface area contributed by atoms with Crippen molar-refractivity contribution < 1.29 is 4.79 Å². The van der Waals surface area contributed by atoms with Crippen LogP contribution in [0.25, 0.3) is 0 Å². The van der Waals surface area contributed by atoms with E-state index in [2.05, 4.69) is 23.5 Å². The number of thiazole rings is 1. The van der Waals surface area contributed by atoms with Gasteiger partial charge in [-0.25, -0.2) is 4.98 Å². The summed E-state index contributed by atoms with van der Waals surface area (Å²) in [5.74, 6) is 1.13. The zero-order valence-electron chi connectivity index (χ0n) is 11.4. The highest BCUT2D eigenvalue weighted by molar-refractivity contribution is 7.98. The summed E-state index contributed by atoms with van der Waals surface area (Å²) in [6, 6.07) is 0.472. The van der Waals surface area contributed by atoms with Gasteiger partial charge in [0.25, 0.3) is 0 Å². The molecule has 1 unspecified atom stereocenters. The third-order valence-corrected chi connectivity index (χ3v) is 4.26. The van der Waals surface area contributed by atoms with Crippen LogP contribution in [0.2, 0.25) is 0 Å². The molecule has 0 aliphatic heterocycles. The number of hydrogen-bond donors (Lipinski definition) is 1. The first-order valence-electron chi connectivity index (χ1n) is 6.03. The lowest BCUT2D eigenvalue weighted by atomic mass is 10.3. The number of carbonyl (C=O) groups is 1. The van der Waals surface area contributed by atoms with Crippen LogP contribution >= 0.6 is 23.1 Å². The van der Waals surface area contributed by atoms with Crippen LogP contribution in [-0.4, -0.2) is 35.5 Å². The van der Waals surface area contributed by atoms with Crippen LogP contribution in [0.1, 0.15) is 26.5 Å². The Kier molecular flexibility index (Phi) is 6.67. The van der Waals surface area contributed by atoms with E-state index in [1.54, 1.807) is 11.8 Å². The van der Waals surface area contributed by atoms with Crippen molar-refractivity contribution >= 4 is 34.1 Å². The first-order valence-corrected chi connectivity index (χ1v) is 8.30. The number of hydrogen-bond acceptors (Lipinski definition) is 5. The second-order valence-electron chi connectivity index (χ2n) is 4.12. The molecule has 0 saturated heterocycles. The molecule has 6 heteroatoms. The van der Waals surface area contributed by atoms with Crippen LogP contribution in [0.15, 0.2) is 5.38 Å². The number of carbonyl (C=O) groups excluding carboxylic acids is 1. The third kappa shape index (κ3) is 4.59. The Morgan fingerprint density at radius 3 is 2.94 bits per heavy atom. The SMILES string of the molecule is CCN(C(C)=O)c1nc(CNC(C)CSC)cs1. The molecular formula is C12H21N3OS2. The van der Waals surface area contributed by atoms with Crippen molar-refractivity contribution in [2.45, 2.75) is 33.4 Å². The van der Waals surface area contributed by atoms with Gasteiger partial charge >= 0.3 is 0 Å². The minimum Gasteiger partial charge on any atom is -0.308 e. The number of nitrogens with one attached hydrogen (secondary N) is 1. The summed E-state index contributed by atoms with van der Waals surface area (Å²) in [5.41, 5.74) is 1.00. The monoisotopic (exact) mass is 287 g/mol. The summed E-state index contributed by atoms with van der Waals surface area (Å²) in [6.07, 6.45) is 2.10. The van der Waals surface area contributed by atoms with Crippen molar-refractivity contribution in [2.24, 2.45) is 0 Å². The van der Waals surface area contributed by atoms with Gasteiger partial charge in [-0.15, -0.1) is 11.3 Å². The predicted octanol–water partition coefficient (Wildman–Crippen LogP) is 2.36. The van der Waals surface area contributed by atoms with Crippen molar-refractivity contribution in [3.63, 3.8) is 0 Å². The van der Waals surface area contributed by atoms with Crippen molar-refractivity contribution in [3.8, 4) is 0 Å². The Labute approximate surface area is 117 Å². The fourth-order valence-electron chi connectivity index (χ4n) is 1.58. The quantitative estimate of drug-likeness (QED) is 0.836. The fourth-order valence-corrected chi connectivity index (χ4v) is 3.13. The molecule has 4 nitrogen and oxygen atoms in total. The molecular weight excluding hydrogens is 266 g/mol. The minimum atomic E-state index is 0.0436. The number of aromatic nitrogens is 1. The van der Waals surface area contributed by atoms with E-state index in [0.717, 1.165) is 23.1 Å². The molecule has 1 atom stereocenters. The average molecular weight is 287 g/mol.